The minimum Gasteiger partial charge on any atom is -0.494 e. The zero-order valence-corrected chi connectivity index (χ0v) is 11.3. The predicted octanol–water partition coefficient (Wildman–Crippen LogP) is 1.76. The zero-order chi connectivity index (χ0) is 14.2. The van der Waals surface area contributed by atoms with Gasteiger partial charge in [0.25, 0.3) is 5.56 Å². The normalized spacial score (nSPS) is 10.7. The maximum absolute atomic E-state index is 11.9. The first-order valence-electron chi connectivity index (χ1n) is 5.79. The molecule has 0 saturated heterocycles. The van der Waals surface area contributed by atoms with Gasteiger partial charge in [-0.25, -0.2) is 9.36 Å². The molecule has 0 unspecified atom stereocenters. The van der Waals surface area contributed by atoms with Gasteiger partial charge in [0.15, 0.2) is 0 Å². The van der Waals surface area contributed by atoms with Crippen LogP contribution >= 0.6 is 11.6 Å². The molecular weight excluding hydrogens is 268 g/mol. The number of nitrogens with one attached hydrogen (secondary N) is 1. The van der Waals surface area contributed by atoms with Gasteiger partial charge in [-0.05, 0) is 31.0 Å². The molecule has 0 aliphatic heterocycles. The lowest BCUT2D eigenvalue weighted by atomic mass is 10.2. The number of aromatic hydroxyl groups is 1. The van der Waals surface area contributed by atoms with Gasteiger partial charge >= 0.3 is 5.69 Å². The van der Waals surface area contributed by atoms with Crippen molar-refractivity contribution in [1.82, 2.24) is 9.55 Å². The van der Waals surface area contributed by atoms with Crippen LogP contribution in [0.1, 0.15) is 18.1 Å². The van der Waals surface area contributed by atoms with Crippen LogP contribution in [-0.4, -0.2) is 14.7 Å². The molecule has 1 heterocycles. The van der Waals surface area contributed by atoms with Crippen molar-refractivity contribution in [3.8, 4) is 11.6 Å². The third-order valence-electron chi connectivity index (χ3n) is 2.88. The van der Waals surface area contributed by atoms with Crippen molar-refractivity contribution < 1.29 is 5.11 Å². The van der Waals surface area contributed by atoms with Gasteiger partial charge in [-0.1, -0.05) is 24.6 Å². The van der Waals surface area contributed by atoms with Crippen LogP contribution in [0.5, 0.6) is 5.88 Å². The lowest BCUT2D eigenvalue weighted by Crippen LogP contribution is -2.31. The smallest absolute Gasteiger partial charge is 0.335 e. The van der Waals surface area contributed by atoms with Crippen LogP contribution in [0.4, 0.5) is 0 Å². The van der Waals surface area contributed by atoms with Gasteiger partial charge in [-0.3, -0.25) is 9.78 Å². The lowest BCUT2D eigenvalue weighted by Gasteiger charge is -2.12. The zero-order valence-electron chi connectivity index (χ0n) is 10.5. The van der Waals surface area contributed by atoms with Crippen molar-refractivity contribution in [2.45, 2.75) is 20.3 Å². The Kier molecular flexibility index (Phi) is 3.48. The molecule has 19 heavy (non-hydrogen) atoms. The third kappa shape index (κ3) is 2.29. The van der Waals surface area contributed by atoms with E-state index in [1.165, 1.54) is 0 Å². The summed E-state index contributed by atoms with van der Waals surface area (Å²) in [5, 5.41) is 10.4. The van der Waals surface area contributed by atoms with Crippen molar-refractivity contribution in [2.24, 2.45) is 0 Å². The molecule has 0 saturated carbocycles. The lowest BCUT2D eigenvalue weighted by molar-refractivity contribution is 0.423. The van der Waals surface area contributed by atoms with Gasteiger partial charge in [0.2, 0.25) is 5.88 Å². The molecular formula is C13H13ClN2O3. The molecule has 0 amide bonds. The second-order valence-corrected chi connectivity index (χ2v) is 4.61. The predicted molar refractivity (Wildman–Crippen MR) is 73.4 cm³/mol. The average molecular weight is 281 g/mol. The Morgan fingerprint density at radius 3 is 2.63 bits per heavy atom. The van der Waals surface area contributed by atoms with Gasteiger partial charge in [0, 0.05) is 0 Å². The average Bonchev–Trinajstić information content (AvgIpc) is 2.31. The van der Waals surface area contributed by atoms with Crippen LogP contribution in [0.2, 0.25) is 5.02 Å². The van der Waals surface area contributed by atoms with Crippen molar-refractivity contribution in [3.05, 3.63) is 55.2 Å². The molecule has 2 N–H and O–H groups in total. The van der Waals surface area contributed by atoms with Crippen LogP contribution in [0.15, 0.2) is 27.8 Å². The first kappa shape index (κ1) is 13.4. The molecule has 2 rings (SSSR count). The molecule has 5 nitrogen and oxygen atoms in total. The minimum atomic E-state index is -0.717. The number of H-pyrrole nitrogens is 1. The summed E-state index contributed by atoms with van der Waals surface area (Å²) in [5.74, 6) is -0.373. The quantitative estimate of drug-likeness (QED) is 0.880. The van der Waals surface area contributed by atoms with Gasteiger partial charge < -0.3 is 5.11 Å². The Bertz CT molecular complexity index is 747. The summed E-state index contributed by atoms with van der Waals surface area (Å²) in [5.41, 5.74) is 0.119. The Morgan fingerprint density at radius 2 is 2.05 bits per heavy atom. The number of benzene rings is 1. The fraction of sp³-hybridized carbons (Fsp3) is 0.231. The molecule has 1 aromatic carbocycles. The second-order valence-electron chi connectivity index (χ2n) is 4.21. The molecule has 0 aliphatic carbocycles. The minimum absolute atomic E-state index is 0.149. The first-order valence-corrected chi connectivity index (χ1v) is 6.17. The summed E-state index contributed by atoms with van der Waals surface area (Å²) in [6, 6.07) is 5.07. The van der Waals surface area contributed by atoms with E-state index in [0.717, 1.165) is 10.1 Å². The highest BCUT2D eigenvalue weighted by Crippen LogP contribution is 2.24. The standard InChI is InChI=1S/C13H13ClN2O3/c1-3-8-11(17)15-13(19)16(12(8)18)10-5-4-7(2)6-9(10)14/h4-6,18H,3H2,1-2H3,(H,15,17,19). The Labute approximate surface area is 114 Å². The van der Waals surface area contributed by atoms with Crippen molar-refractivity contribution in [3.63, 3.8) is 0 Å². The maximum atomic E-state index is 11.9. The molecule has 2 aromatic rings. The van der Waals surface area contributed by atoms with E-state index in [2.05, 4.69) is 4.98 Å². The van der Waals surface area contributed by atoms with E-state index >= 15 is 0 Å². The molecule has 0 bridgehead atoms. The molecule has 0 fully saturated rings. The van der Waals surface area contributed by atoms with Gasteiger partial charge in [-0.2, -0.15) is 0 Å². The van der Waals surface area contributed by atoms with Crippen molar-refractivity contribution in [1.29, 1.82) is 0 Å². The number of halogens is 1. The molecule has 100 valence electrons. The van der Waals surface area contributed by atoms with E-state index in [1.807, 2.05) is 6.92 Å². The Hall–Kier alpha value is -2.01. The summed E-state index contributed by atoms with van der Waals surface area (Å²) in [6.45, 7) is 3.58. The van der Waals surface area contributed by atoms with Crippen LogP contribution in [0.25, 0.3) is 5.69 Å². The third-order valence-corrected chi connectivity index (χ3v) is 3.18. The number of aromatic amines is 1. The molecule has 0 spiro atoms. The number of hydrogen-bond acceptors (Lipinski definition) is 3. The first-order chi connectivity index (χ1) is 8.95. The van der Waals surface area contributed by atoms with Crippen molar-refractivity contribution >= 4 is 11.6 Å². The molecule has 6 heteroatoms. The van der Waals surface area contributed by atoms with Gasteiger partial charge in [0.1, 0.15) is 0 Å². The van der Waals surface area contributed by atoms with Crippen LogP contribution in [0.3, 0.4) is 0 Å². The maximum Gasteiger partial charge on any atom is 0.335 e. The highest BCUT2D eigenvalue weighted by molar-refractivity contribution is 6.32. The number of rotatable bonds is 2. The summed E-state index contributed by atoms with van der Waals surface area (Å²) in [4.78, 5) is 25.6. The second kappa shape index (κ2) is 4.93. The Morgan fingerprint density at radius 1 is 1.37 bits per heavy atom. The van der Waals surface area contributed by atoms with E-state index in [0.29, 0.717) is 17.1 Å². The SMILES string of the molecule is CCc1c(O)n(-c2ccc(C)cc2Cl)c(=O)[nH]c1=O. The van der Waals surface area contributed by atoms with Gasteiger partial charge in [-0.15, -0.1) is 0 Å². The van der Waals surface area contributed by atoms with Crippen LogP contribution in [-0.2, 0) is 6.42 Å². The van der Waals surface area contributed by atoms with E-state index in [9.17, 15) is 14.7 Å². The molecule has 0 radical (unpaired) electrons. The monoisotopic (exact) mass is 280 g/mol. The van der Waals surface area contributed by atoms with Crippen molar-refractivity contribution in [2.75, 3.05) is 0 Å². The Balaban J connectivity index is 2.83. The number of aryl methyl sites for hydroxylation is 1. The van der Waals surface area contributed by atoms with Crippen LogP contribution in [0, 0.1) is 6.92 Å². The molecule has 1 aromatic heterocycles. The fourth-order valence-electron chi connectivity index (χ4n) is 1.90. The van der Waals surface area contributed by atoms with E-state index in [1.54, 1.807) is 25.1 Å². The number of nitrogens with zero attached hydrogens (tertiary/aromatic N) is 1. The van der Waals surface area contributed by atoms with E-state index < -0.39 is 11.2 Å². The largest absolute Gasteiger partial charge is 0.494 e. The fourth-order valence-corrected chi connectivity index (χ4v) is 2.22. The number of hydrogen-bond donors (Lipinski definition) is 2. The van der Waals surface area contributed by atoms with Crippen LogP contribution < -0.4 is 11.2 Å². The van der Waals surface area contributed by atoms with Gasteiger partial charge in [0.05, 0.1) is 16.3 Å². The summed E-state index contributed by atoms with van der Waals surface area (Å²) >= 11 is 6.08. The highest BCUT2D eigenvalue weighted by atomic mass is 35.5. The number of aromatic nitrogens is 2. The molecule has 0 atom stereocenters. The van der Waals surface area contributed by atoms with E-state index in [4.69, 9.17) is 11.6 Å². The molecule has 0 aliphatic rings. The summed E-state index contributed by atoms with van der Waals surface area (Å²) < 4.78 is 1.00. The summed E-state index contributed by atoms with van der Waals surface area (Å²) in [6.07, 6.45) is 0.310. The highest BCUT2D eigenvalue weighted by Gasteiger charge is 2.15. The topological polar surface area (TPSA) is 75.1 Å². The van der Waals surface area contributed by atoms with E-state index in [-0.39, 0.29) is 11.4 Å². The summed E-state index contributed by atoms with van der Waals surface area (Å²) in [7, 11) is 0.